The summed E-state index contributed by atoms with van der Waals surface area (Å²) in [5.74, 6) is -0.578. The Balaban J connectivity index is 1.67. The van der Waals surface area contributed by atoms with E-state index in [1.807, 2.05) is 0 Å². The summed E-state index contributed by atoms with van der Waals surface area (Å²) in [4.78, 5) is 27.7. The third-order valence-electron chi connectivity index (χ3n) is 4.16. The van der Waals surface area contributed by atoms with E-state index in [1.54, 1.807) is 0 Å². The van der Waals surface area contributed by atoms with Gasteiger partial charge in [0.25, 0.3) is 5.91 Å². The van der Waals surface area contributed by atoms with Crippen LogP contribution in [0.1, 0.15) is 37.0 Å². The van der Waals surface area contributed by atoms with Gasteiger partial charge in [0.15, 0.2) is 5.54 Å². The quantitative estimate of drug-likeness (QED) is 0.767. The molecule has 9 heteroatoms. The molecule has 0 aliphatic heterocycles. The third-order valence-corrected chi connectivity index (χ3v) is 4.43. The van der Waals surface area contributed by atoms with Gasteiger partial charge in [-0.1, -0.05) is 11.6 Å². The minimum Gasteiger partial charge on any atom is -0.479 e. The number of rotatable bonds is 7. The standard InChI is InChI=1S/C17H19ClN4O4/c1-17(2,16(24)25)22-8-12(7-20-22)21-14(23)11-5-13(18)15(19-6-11)26-9-10-3-4-10/h5-8,10H,3-4,9H2,1-2H3,(H,21,23)(H,24,25). The molecule has 0 bridgehead atoms. The number of ether oxygens (including phenoxy) is 1. The van der Waals surface area contributed by atoms with Gasteiger partial charge in [-0.3, -0.25) is 9.48 Å². The van der Waals surface area contributed by atoms with Crippen LogP contribution in [0.3, 0.4) is 0 Å². The van der Waals surface area contributed by atoms with Crippen molar-refractivity contribution in [2.45, 2.75) is 32.2 Å². The van der Waals surface area contributed by atoms with E-state index in [0.717, 1.165) is 12.8 Å². The van der Waals surface area contributed by atoms with Gasteiger partial charge < -0.3 is 15.2 Å². The summed E-state index contributed by atoms with van der Waals surface area (Å²) in [6.07, 6.45) is 6.53. The molecular weight excluding hydrogens is 360 g/mol. The Morgan fingerprint density at radius 2 is 2.15 bits per heavy atom. The second kappa shape index (κ2) is 6.95. The zero-order chi connectivity index (χ0) is 18.9. The fourth-order valence-corrected chi connectivity index (χ4v) is 2.35. The van der Waals surface area contributed by atoms with Crippen LogP contribution < -0.4 is 10.1 Å². The molecule has 1 amide bonds. The summed E-state index contributed by atoms with van der Waals surface area (Å²) in [7, 11) is 0. The Kier molecular flexibility index (Phi) is 4.86. The zero-order valence-electron chi connectivity index (χ0n) is 14.4. The molecule has 26 heavy (non-hydrogen) atoms. The van der Waals surface area contributed by atoms with Crippen LogP contribution in [0.2, 0.25) is 5.02 Å². The first-order chi connectivity index (χ1) is 12.3. The minimum atomic E-state index is -1.23. The van der Waals surface area contributed by atoms with Crippen molar-refractivity contribution >= 4 is 29.2 Å². The highest BCUT2D eigenvalue weighted by Gasteiger charge is 2.30. The van der Waals surface area contributed by atoms with Gasteiger partial charge in [0, 0.05) is 12.4 Å². The van der Waals surface area contributed by atoms with Crippen molar-refractivity contribution in [2.75, 3.05) is 11.9 Å². The number of carboxylic acids is 1. The number of nitrogens with one attached hydrogen (secondary N) is 1. The number of hydrogen-bond acceptors (Lipinski definition) is 5. The van der Waals surface area contributed by atoms with Gasteiger partial charge in [0.2, 0.25) is 5.88 Å². The lowest BCUT2D eigenvalue weighted by Gasteiger charge is -2.19. The molecule has 1 saturated carbocycles. The van der Waals surface area contributed by atoms with Crippen molar-refractivity contribution in [1.29, 1.82) is 0 Å². The predicted molar refractivity (Wildman–Crippen MR) is 94.6 cm³/mol. The molecule has 0 saturated heterocycles. The summed E-state index contributed by atoms with van der Waals surface area (Å²) in [6.45, 7) is 3.60. The fraction of sp³-hybridized carbons (Fsp3) is 0.412. The number of anilines is 1. The van der Waals surface area contributed by atoms with E-state index in [2.05, 4.69) is 15.4 Å². The van der Waals surface area contributed by atoms with E-state index in [1.165, 1.54) is 43.2 Å². The van der Waals surface area contributed by atoms with Gasteiger partial charge in [0.1, 0.15) is 5.02 Å². The Bertz CT molecular complexity index is 845. The van der Waals surface area contributed by atoms with Gasteiger partial charge in [-0.25, -0.2) is 9.78 Å². The molecule has 1 aliphatic rings. The summed E-state index contributed by atoms with van der Waals surface area (Å²) >= 11 is 6.13. The summed E-state index contributed by atoms with van der Waals surface area (Å²) in [5, 5.41) is 16.1. The molecule has 3 rings (SSSR count). The maximum atomic E-state index is 12.3. The molecule has 0 radical (unpaired) electrons. The molecule has 2 N–H and O–H groups in total. The molecular formula is C17H19ClN4O4. The lowest BCUT2D eigenvalue weighted by Crippen LogP contribution is -2.35. The first-order valence-electron chi connectivity index (χ1n) is 8.15. The average Bonchev–Trinajstić information content (AvgIpc) is 3.30. The highest BCUT2D eigenvalue weighted by atomic mass is 35.5. The minimum absolute atomic E-state index is 0.263. The number of aliphatic carboxylic acids is 1. The van der Waals surface area contributed by atoms with Gasteiger partial charge in [0.05, 0.1) is 24.1 Å². The maximum Gasteiger partial charge on any atom is 0.331 e. The molecule has 2 aromatic heterocycles. The second-order valence-electron chi connectivity index (χ2n) is 6.76. The monoisotopic (exact) mass is 378 g/mol. The molecule has 138 valence electrons. The summed E-state index contributed by atoms with van der Waals surface area (Å²) in [6, 6.07) is 1.48. The van der Waals surface area contributed by atoms with Crippen LogP contribution in [0.15, 0.2) is 24.7 Å². The Labute approximate surface area is 155 Å². The van der Waals surface area contributed by atoms with Gasteiger partial charge >= 0.3 is 5.97 Å². The predicted octanol–water partition coefficient (Wildman–Crippen LogP) is 2.79. The van der Waals surface area contributed by atoms with Crippen molar-refractivity contribution in [1.82, 2.24) is 14.8 Å². The van der Waals surface area contributed by atoms with E-state index < -0.39 is 17.4 Å². The number of hydrogen-bond donors (Lipinski definition) is 2. The average molecular weight is 379 g/mol. The topological polar surface area (TPSA) is 106 Å². The normalized spacial score (nSPS) is 14.1. The molecule has 1 fully saturated rings. The smallest absolute Gasteiger partial charge is 0.331 e. The zero-order valence-corrected chi connectivity index (χ0v) is 15.2. The van der Waals surface area contributed by atoms with Crippen LogP contribution in [0, 0.1) is 5.92 Å². The lowest BCUT2D eigenvalue weighted by molar-refractivity contribution is -0.146. The van der Waals surface area contributed by atoms with Crippen LogP contribution in [0.5, 0.6) is 5.88 Å². The van der Waals surface area contributed by atoms with Crippen LogP contribution >= 0.6 is 11.6 Å². The molecule has 1 aliphatic carbocycles. The number of halogens is 1. The van der Waals surface area contributed by atoms with Crippen molar-refractivity contribution < 1.29 is 19.4 Å². The number of carbonyl (C=O) groups is 2. The number of nitrogens with zero attached hydrogens (tertiary/aromatic N) is 3. The Hall–Kier alpha value is -2.61. The van der Waals surface area contributed by atoms with Crippen molar-refractivity contribution in [3.8, 4) is 5.88 Å². The van der Waals surface area contributed by atoms with Crippen molar-refractivity contribution in [3.05, 3.63) is 35.2 Å². The second-order valence-corrected chi connectivity index (χ2v) is 7.16. The van der Waals surface area contributed by atoms with E-state index >= 15 is 0 Å². The SMILES string of the molecule is CC(C)(C(=O)O)n1cc(NC(=O)c2cnc(OCC3CC3)c(Cl)c2)cn1. The molecule has 2 heterocycles. The molecule has 2 aromatic rings. The largest absolute Gasteiger partial charge is 0.479 e. The number of carboxylic acid groups (broad SMARTS) is 1. The van der Waals surface area contributed by atoms with E-state index in [4.69, 9.17) is 16.3 Å². The highest BCUT2D eigenvalue weighted by molar-refractivity contribution is 6.32. The Morgan fingerprint density at radius 3 is 2.77 bits per heavy atom. The number of amides is 1. The summed E-state index contributed by atoms with van der Waals surface area (Å²) in [5.41, 5.74) is -0.595. The van der Waals surface area contributed by atoms with Crippen LogP contribution in [-0.2, 0) is 10.3 Å². The van der Waals surface area contributed by atoms with Crippen LogP contribution in [-0.4, -0.2) is 38.4 Å². The van der Waals surface area contributed by atoms with Crippen molar-refractivity contribution in [2.24, 2.45) is 5.92 Å². The summed E-state index contributed by atoms with van der Waals surface area (Å²) < 4.78 is 6.80. The molecule has 0 atom stereocenters. The number of carbonyl (C=O) groups excluding carboxylic acids is 1. The van der Waals surface area contributed by atoms with Crippen LogP contribution in [0.4, 0.5) is 5.69 Å². The molecule has 8 nitrogen and oxygen atoms in total. The molecule has 0 aromatic carbocycles. The van der Waals surface area contributed by atoms with Gasteiger partial charge in [-0.15, -0.1) is 0 Å². The molecule has 0 unspecified atom stereocenters. The number of pyridine rings is 1. The maximum absolute atomic E-state index is 12.3. The Morgan fingerprint density at radius 1 is 1.42 bits per heavy atom. The van der Waals surface area contributed by atoms with Crippen molar-refractivity contribution in [3.63, 3.8) is 0 Å². The molecule has 0 spiro atoms. The third kappa shape index (κ3) is 3.96. The highest BCUT2D eigenvalue weighted by Crippen LogP contribution is 2.31. The van der Waals surface area contributed by atoms with Crippen LogP contribution in [0.25, 0.3) is 0 Å². The number of aromatic nitrogens is 3. The fourth-order valence-electron chi connectivity index (χ4n) is 2.13. The first-order valence-corrected chi connectivity index (χ1v) is 8.53. The first kappa shape index (κ1) is 18.2. The lowest BCUT2D eigenvalue weighted by atomic mass is 10.1. The van der Waals surface area contributed by atoms with E-state index in [9.17, 15) is 14.7 Å². The van der Waals surface area contributed by atoms with E-state index in [-0.39, 0.29) is 10.6 Å². The van der Waals surface area contributed by atoms with E-state index in [0.29, 0.717) is 24.1 Å². The van der Waals surface area contributed by atoms with Gasteiger partial charge in [-0.05, 0) is 38.7 Å². The van der Waals surface area contributed by atoms with Gasteiger partial charge in [-0.2, -0.15) is 5.10 Å².